The van der Waals surface area contributed by atoms with Crippen LogP contribution in [0, 0.1) is 17.5 Å². The van der Waals surface area contributed by atoms with Crippen molar-refractivity contribution in [1.82, 2.24) is 5.32 Å². The van der Waals surface area contributed by atoms with E-state index in [0.29, 0.717) is 5.56 Å². The first-order valence-electron chi connectivity index (χ1n) is 8.38. The molecule has 148 valence electrons. The van der Waals surface area contributed by atoms with Crippen LogP contribution in [0.4, 0.5) is 18.9 Å². The van der Waals surface area contributed by atoms with Gasteiger partial charge in [-0.05, 0) is 18.1 Å². The molecule has 0 bridgehead atoms. The minimum Gasteiger partial charge on any atom is -0.491 e. The Bertz CT molecular complexity index is 887. The number of nitrogens with one attached hydrogen (secondary N) is 2. The minimum absolute atomic E-state index is 0.0893. The SMILES string of the molecule is COc1c(F)cc(NC(=O)[C@@H]2CS[C@H](Cc3ccccc3F)C(=O)N2)cc1F. The molecule has 1 heterocycles. The first-order valence-corrected chi connectivity index (χ1v) is 9.43. The fourth-order valence-electron chi connectivity index (χ4n) is 2.81. The summed E-state index contributed by atoms with van der Waals surface area (Å²) in [6.07, 6.45) is 0.201. The number of carbonyl (C=O) groups excluding carboxylic acids is 2. The second kappa shape index (κ2) is 8.55. The molecule has 0 aliphatic carbocycles. The van der Waals surface area contributed by atoms with Gasteiger partial charge in [-0.2, -0.15) is 0 Å². The molecule has 1 saturated heterocycles. The van der Waals surface area contributed by atoms with Crippen molar-refractivity contribution in [2.75, 3.05) is 18.2 Å². The summed E-state index contributed by atoms with van der Waals surface area (Å²) in [5, 5.41) is 4.42. The predicted octanol–water partition coefficient (Wildman–Crippen LogP) is 2.89. The van der Waals surface area contributed by atoms with E-state index in [9.17, 15) is 22.8 Å². The van der Waals surface area contributed by atoms with Crippen LogP contribution in [0.15, 0.2) is 36.4 Å². The number of hydrogen-bond donors (Lipinski definition) is 2. The van der Waals surface area contributed by atoms with E-state index in [1.165, 1.54) is 17.8 Å². The van der Waals surface area contributed by atoms with Crippen LogP contribution < -0.4 is 15.4 Å². The molecule has 5 nitrogen and oxygen atoms in total. The van der Waals surface area contributed by atoms with Crippen molar-refractivity contribution in [2.45, 2.75) is 17.7 Å². The number of rotatable bonds is 5. The number of hydrogen-bond acceptors (Lipinski definition) is 4. The van der Waals surface area contributed by atoms with Gasteiger partial charge in [0.05, 0.1) is 12.4 Å². The Hall–Kier alpha value is -2.68. The topological polar surface area (TPSA) is 67.4 Å². The molecule has 0 spiro atoms. The highest BCUT2D eigenvalue weighted by molar-refractivity contribution is 8.00. The van der Waals surface area contributed by atoms with Gasteiger partial charge in [-0.3, -0.25) is 9.59 Å². The summed E-state index contributed by atoms with van der Waals surface area (Å²) < 4.78 is 45.8. The van der Waals surface area contributed by atoms with Gasteiger partial charge in [0.15, 0.2) is 17.4 Å². The van der Waals surface area contributed by atoms with E-state index in [1.54, 1.807) is 18.2 Å². The molecule has 2 aromatic carbocycles. The number of halogens is 3. The molecule has 9 heteroatoms. The molecule has 3 rings (SSSR count). The zero-order valence-corrected chi connectivity index (χ0v) is 15.6. The maximum atomic E-state index is 13.8. The standard InChI is InChI=1S/C19H17F3N2O3S/c1-27-17-13(21)7-11(8-14(17)22)23-18(25)15-9-28-16(19(26)24-15)6-10-4-2-3-5-12(10)20/h2-5,7-8,15-16H,6,9H2,1H3,(H,23,25)(H,24,26)/t15-,16+/m0/s1. The summed E-state index contributed by atoms with van der Waals surface area (Å²) in [7, 11) is 1.13. The molecule has 2 aromatic rings. The van der Waals surface area contributed by atoms with Crippen LogP contribution in [0.5, 0.6) is 5.75 Å². The third-order valence-corrected chi connectivity index (χ3v) is 5.53. The maximum absolute atomic E-state index is 13.8. The molecule has 0 aromatic heterocycles. The lowest BCUT2D eigenvalue weighted by Gasteiger charge is -2.28. The summed E-state index contributed by atoms with van der Waals surface area (Å²) in [6.45, 7) is 0. The maximum Gasteiger partial charge on any atom is 0.247 e. The van der Waals surface area contributed by atoms with Crippen LogP contribution in [-0.2, 0) is 16.0 Å². The predicted molar refractivity (Wildman–Crippen MR) is 99.8 cm³/mol. The largest absolute Gasteiger partial charge is 0.491 e. The smallest absolute Gasteiger partial charge is 0.247 e. The molecule has 2 amide bonds. The molecule has 2 N–H and O–H groups in total. The number of methoxy groups -OCH3 is 1. The van der Waals surface area contributed by atoms with Crippen molar-refractivity contribution in [2.24, 2.45) is 0 Å². The van der Waals surface area contributed by atoms with E-state index in [1.807, 2.05) is 0 Å². The molecule has 0 saturated carbocycles. The van der Waals surface area contributed by atoms with E-state index >= 15 is 0 Å². The molecular formula is C19H17F3N2O3S. The number of carbonyl (C=O) groups is 2. The van der Waals surface area contributed by atoms with Gasteiger partial charge in [0.2, 0.25) is 11.8 Å². The number of anilines is 1. The Labute approximate surface area is 163 Å². The lowest BCUT2D eigenvalue weighted by molar-refractivity contribution is -0.126. The van der Waals surface area contributed by atoms with E-state index < -0.39 is 40.5 Å². The van der Waals surface area contributed by atoms with Gasteiger partial charge in [-0.25, -0.2) is 13.2 Å². The Morgan fingerprint density at radius 3 is 2.50 bits per heavy atom. The first-order chi connectivity index (χ1) is 13.4. The molecule has 0 unspecified atom stereocenters. The van der Waals surface area contributed by atoms with Gasteiger partial charge in [-0.15, -0.1) is 11.8 Å². The van der Waals surface area contributed by atoms with Gasteiger partial charge >= 0.3 is 0 Å². The van der Waals surface area contributed by atoms with Crippen LogP contribution in [0.2, 0.25) is 0 Å². The Morgan fingerprint density at radius 2 is 1.89 bits per heavy atom. The molecule has 28 heavy (non-hydrogen) atoms. The van der Waals surface area contributed by atoms with Crippen molar-refractivity contribution in [3.05, 3.63) is 59.4 Å². The fourth-order valence-corrected chi connectivity index (χ4v) is 3.98. The van der Waals surface area contributed by atoms with Gasteiger partial charge in [-0.1, -0.05) is 18.2 Å². The number of ether oxygens (including phenoxy) is 1. The third-order valence-electron chi connectivity index (χ3n) is 4.22. The van der Waals surface area contributed by atoms with Gasteiger partial charge < -0.3 is 15.4 Å². The normalized spacial score (nSPS) is 19.1. The zero-order chi connectivity index (χ0) is 20.3. The van der Waals surface area contributed by atoms with Crippen LogP contribution in [0.25, 0.3) is 0 Å². The number of thioether (sulfide) groups is 1. The summed E-state index contributed by atoms with van der Waals surface area (Å²) in [6, 6.07) is 7.17. The van der Waals surface area contributed by atoms with Crippen LogP contribution >= 0.6 is 11.8 Å². The third kappa shape index (κ3) is 4.41. The van der Waals surface area contributed by atoms with Gasteiger partial charge in [0.1, 0.15) is 11.9 Å². The summed E-state index contributed by atoms with van der Waals surface area (Å²) in [5.41, 5.74) is 0.329. The lowest BCUT2D eigenvalue weighted by Crippen LogP contribution is -2.52. The second-order valence-corrected chi connectivity index (χ2v) is 7.38. The summed E-state index contributed by atoms with van der Waals surface area (Å²) >= 11 is 1.23. The highest BCUT2D eigenvalue weighted by Crippen LogP contribution is 2.27. The average Bonchev–Trinajstić information content (AvgIpc) is 2.64. The monoisotopic (exact) mass is 410 g/mol. The van der Waals surface area contributed by atoms with E-state index in [-0.39, 0.29) is 23.7 Å². The number of benzene rings is 2. The molecule has 2 atom stereocenters. The van der Waals surface area contributed by atoms with Crippen molar-refractivity contribution >= 4 is 29.3 Å². The first kappa shape index (κ1) is 20.1. The summed E-state index contributed by atoms with van der Waals surface area (Å²) in [5.74, 6) is -3.59. The van der Waals surface area contributed by atoms with Crippen LogP contribution in [0.1, 0.15) is 5.56 Å². The summed E-state index contributed by atoms with van der Waals surface area (Å²) in [4.78, 5) is 24.6. The highest BCUT2D eigenvalue weighted by atomic mass is 32.2. The Kier molecular flexibility index (Phi) is 6.13. The minimum atomic E-state index is -0.954. The van der Waals surface area contributed by atoms with E-state index in [0.717, 1.165) is 19.2 Å². The Balaban J connectivity index is 1.61. The average molecular weight is 410 g/mol. The van der Waals surface area contributed by atoms with Crippen molar-refractivity contribution in [3.8, 4) is 5.75 Å². The molecule has 0 radical (unpaired) electrons. The van der Waals surface area contributed by atoms with Crippen molar-refractivity contribution in [3.63, 3.8) is 0 Å². The fraction of sp³-hybridized carbons (Fsp3) is 0.263. The lowest BCUT2D eigenvalue weighted by atomic mass is 10.1. The second-order valence-electron chi connectivity index (χ2n) is 6.14. The van der Waals surface area contributed by atoms with Gasteiger partial charge in [0, 0.05) is 23.6 Å². The van der Waals surface area contributed by atoms with E-state index in [2.05, 4.69) is 15.4 Å². The van der Waals surface area contributed by atoms with Crippen molar-refractivity contribution in [1.29, 1.82) is 0 Å². The molecular weight excluding hydrogens is 393 g/mol. The van der Waals surface area contributed by atoms with Crippen molar-refractivity contribution < 1.29 is 27.5 Å². The molecule has 1 fully saturated rings. The molecule has 1 aliphatic heterocycles. The van der Waals surface area contributed by atoms with Gasteiger partial charge in [0.25, 0.3) is 0 Å². The zero-order valence-electron chi connectivity index (χ0n) is 14.8. The van der Waals surface area contributed by atoms with Crippen LogP contribution in [-0.4, -0.2) is 36.0 Å². The molecule has 1 aliphatic rings. The highest BCUT2D eigenvalue weighted by Gasteiger charge is 2.33. The Morgan fingerprint density at radius 1 is 1.21 bits per heavy atom. The number of amides is 2. The van der Waals surface area contributed by atoms with E-state index in [4.69, 9.17) is 0 Å². The quantitative estimate of drug-likeness (QED) is 0.796. The van der Waals surface area contributed by atoms with Crippen LogP contribution in [0.3, 0.4) is 0 Å².